The molecular weight excluding hydrogens is 372 g/mol. The number of nitrogens with zero attached hydrogens (tertiary/aromatic N) is 5. The molecule has 9 heteroatoms. The monoisotopic (exact) mass is 390 g/mol. The van der Waals surface area contributed by atoms with Gasteiger partial charge < -0.3 is 5.32 Å². The van der Waals surface area contributed by atoms with Gasteiger partial charge in [0.1, 0.15) is 12.0 Å². The van der Waals surface area contributed by atoms with E-state index in [9.17, 15) is 4.79 Å². The summed E-state index contributed by atoms with van der Waals surface area (Å²) < 4.78 is 2.97. The first-order valence-electron chi connectivity index (χ1n) is 7.95. The number of anilines is 1. The van der Waals surface area contributed by atoms with E-state index in [0.29, 0.717) is 27.6 Å². The summed E-state index contributed by atoms with van der Waals surface area (Å²) in [7, 11) is 1.53. The van der Waals surface area contributed by atoms with Gasteiger partial charge in [0.2, 0.25) is 0 Å². The Morgan fingerprint density at radius 2 is 1.88 bits per heavy atom. The molecule has 0 saturated carbocycles. The van der Waals surface area contributed by atoms with E-state index in [1.165, 1.54) is 13.4 Å². The number of carbonyl (C=O) groups excluding carboxylic acids is 1. The Bertz CT molecular complexity index is 964. The number of halogens is 1. The van der Waals surface area contributed by atoms with Crippen LogP contribution in [0.2, 0.25) is 5.02 Å². The van der Waals surface area contributed by atoms with Gasteiger partial charge in [0.15, 0.2) is 11.5 Å². The molecule has 0 aliphatic carbocycles. The normalized spacial score (nSPS) is 11.6. The molecule has 7 nitrogen and oxygen atoms in total. The molecule has 1 N–H and O–H groups in total. The number of fused-ring (bicyclic) bond motifs is 1. The molecule has 2 heterocycles. The lowest BCUT2D eigenvalue weighted by Crippen LogP contribution is -2.31. The number of carbonyl (C=O) groups is 1. The molecule has 136 valence electrons. The van der Waals surface area contributed by atoms with E-state index in [1.807, 2.05) is 37.6 Å². The zero-order chi connectivity index (χ0) is 19.1. The SMILES string of the molecule is CNC(=O)N(S)c1ncnc2c1c(-c1ccc(Cl)cc1)nn2C(C)(C)C. The van der Waals surface area contributed by atoms with Crippen molar-refractivity contribution in [1.29, 1.82) is 0 Å². The first-order chi connectivity index (χ1) is 12.2. The van der Waals surface area contributed by atoms with Crippen LogP contribution in [0.25, 0.3) is 22.3 Å². The van der Waals surface area contributed by atoms with Crippen LogP contribution in [0.15, 0.2) is 30.6 Å². The average Bonchev–Trinajstić information content (AvgIpc) is 3.01. The van der Waals surface area contributed by atoms with Gasteiger partial charge in [-0.25, -0.2) is 23.7 Å². The third-order valence-electron chi connectivity index (χ3n) is 3.80. The van der Waals surface area contributed by atoms with Crippen molar-refractivity contribution in [2.75, 3.05) is 11.4 Å². The Kier molecular flexibility index (Phi) is 4.81. The third kappa shape index (κ3) is 3.22. The number of rotatable bonds is 2. The van der Waals surface area contributed by atoms with E-state index in [0.717, 1.165) is 9.87 Å². The summed E-state index contributed by atoms with van der Waals surface area (Å²) in [4.78, 5) is 20.8. The van der Waals surface area contributed by atoms with Gasteiger partial charge in [-0.05, 0) is 32.9 Å². The van der Waals surface area contributed by atoms with E-state index < -0.39 is 6.03 Å². The van der Waals surface area contributed by atoms with Crippen molar-refractivity contribution in [3.05, 3.63) is 35.6 Å². The molecule has 26 heavy (non-hydrogen) atoms. The van der Waals surface area contributed by atoms with E-state index >= 15 is 0 Å². The second-order valence-corrected chi connectivity index (χ2v) is 7.54. The summed E-state index contributed by atoms with van der Waals surface area (Å²) in [5, 5.41) is 8.58. The number of amides is 2. The average molecular weight is 391 g/mol. The van der Waals surface area contributed by atoms with Crippen molar-refractivity contribution in [3.8, 4) is 11.3 Å². The van der Waals surface area contributed by atoms with Crippen LogP contribution < -0.4 is 9.62 Å². The second kappa shape index (κ2) is 6.77. The van der Waals surface area contributed by atoms with Gasteiger partial charge in [0.25, 0.3) is 0 Å². The largest absolute Gasteiger partial charge is 0.340 e. The fraction of sp³-hybridized carbons (Fsp3) is 0.294. The van der Waals surface area contributed by atoms with Crippen LogP contribution in [-0.2, 0) is 5.54 Å². The molecule has 0 fully saturated rings. The molecule has 1 aromatic carbocycles. The van der Waals surface area contributed by atoms with Gasteiger partial charge >= 0.3 is 6.03 Å². The summed E-state index contributed by atoms with van der Waals surface area (Å²) in [6, 6.07) is 6.92. The minimum Gasteiger partial charge on any atom is -0.340 e. The van der Waals surface area contributed by atoms with Crippen LogP contribution in [0.4, 0.5) is 10.6 Å². The van der Waals surface area contributed by atoms with Gasteiger partial charge in [-0.1, -0.05) is 36.5 Å². The quantitative estimate of drug-likeness (QED) is 0.651. The maximum atomic E-state index is 12.1. The first-order valence-corrected chi connectivity index (χ1v) is 8.72. The Labute approximate surface area is 161 Å². The van der Waals surface area contributed by atoms with Crippen LogP contribution in [0, 0.1) is 0 Å². The van der Waals surface area contributed by atoms with Crippen LogP contribution in [-0.4, -0.2) is 32.8 Å². The maximum absolute atomic E-state index is 12.1. The molecule has 0 radical (unpaired) electrons. The number of thiol groups is 1. The maximum Gasteiger partial charge on any atom is 0.332 e. The Morgan fingerprint density at radius 1 is 1.23 bits per heavy atom. The number of benzene rings is 1. The number of hydrogen-bond donors (Lipinski definition) is 2. The highest BCUT2D eigenvalue weighted by Crippen LogP contribution is 2.36. The molecule has 0 atom stereocenters. The molecule has 0 aliphatic rings. The smallest absolute Gasteiger partial charge is 0.332 e. The Hall–Kier alpha value is -2.32. The molecule has 2 amide bonds. The predicted molar refractivity (Wildman–Crippen MR) is 107 cm³/mol. The highest BCUT2D eigenvalue weighted by atomic mass is 35.5. The van der Waals surface area contributed by atoms with Crippen molar-refractivity contribution in [2.24, 2.45) is 0 Å². The molecule has 0 saturated heterocycles. The summed E-state index contributed by atoms with van der Waals surface area (Å²) >= 11 is 10.3. The highest BCUT2D eigenvalue weighted by Gasteiger charge is 2.27. The number of hydrogen-bond acceptors (Lipinski definition) is 5. The van der Waals surface area contributed by atoms with Gasteiger partial charge in [0.05, 0.1) is 10.9 Å². The van der Waals surface area contributed by atoms with Gasteiger partial charge in [0, 0.05) is 17.6 Å². The van der Waals surface area contributed by atoms with Crippen LogP contribution in [0.5, 0.6) is 0 Å². The minimum atomic E-state index is -0.404. The van der Waals surface area contributed by atoms with Crippen molar-refractivity contribution < 1.29 is 4.79 Å². The fourth-order valence-corrected chi connectivity index (χ4v) is 2.95. The number of nitrogens with one attached hydrogen (secondary N) is 1. The molecule has 2 aromatic heterocycles. The van der Waals surface area contributed by atoms with E-state index in [1.54, 1.807) is 12.1 Å². The second-order valence-electron chi connectivity index (χ2n) is 6.70. The van der Waals surface area contributed by atoms with Crippen LogP contribution in [0.3, 0.4) is 0 Å². The molecule has 0 spiro atoms. The number of aromatic nitrogens is 4. The number of urea groups is 1. The third-order valence-corrected chi connectivity index (χ3v) is 4.43. The molecule has 0 aliphatic heterocycles. The van der Waals surface area contributed by atoms with Gasteiger partial charge in [-0.15, -0.1) is 0 Å². The Balaban J connectivity index is 2.35. The first kappa shape index (κ1) is 18.5. The standard InChI is InChI=1S/C17H19ClN6OS/c1-17(2,3)24-15-12(13(22-24)10-5-7-11(18)8-6-10)14(20-9-21-15)23(26)16(25)19-4/h5-9,26H,1-4H3,(H,19,25). The molecule has 0 unspecified atom stereocenters. The molecule has 3 rings (SSSR count). The molecule has 0 bridgehead atoms. The van der Waals surface area contributed by atoms with E-state index in [4.69, 9.17) is 16.7 Å². The molecule has 3 aromatic rings. The summed E-state index contributed by atoms with van der Waals surface area (Å²) in [6.45, 7) is 6.10. The van der Waals surface area contributed by atoms with E-state index in [2.05, 4.69) is 28.1 Å². The van der Waals surface area contributed by atoms with Crippen molar-refractivity contribution in [2.45, 2.75) is 26.3 Å². The lowest BCUT2D eigenvalue weighted by Gasteiger charge is -2.20. The van der Waals surface area contributed by atoms with Crippen LogP contribution >= 0.6 is 24.4 Å². The van der Waals surface area contributed by atoms with Crippen molar-refractivity contribution >= 4 is 47.3 Å². The van der Waals surface area contributed by atoms with Gasteiger partial charge in [-0.3, -0.25) is 0 Å². The van der Waals surface area contributed by atoms with Crippen LogP contribution in [0.1, 0.15) is 20.8 Å². The topological polar surface area (TPSA) is 75.9 Å². The Morgan fingerprint density at radius 3 is 2.46 bits per heavy atom. The minimum absolute atomic E-state index is 0.316. The molecular formula is C17H19ClN6OS. The zero-order valence-corrected chi connectivity index (χ0v) is 16.5. The lowest BCUT2D eigenvalue weighted by molar-refractivity contribution is 0.251. The lowest BCUT2D eigenvalue weighted by atomic mass is 10.1. The fourth-order valence-electron chi connectivity index (χ4n) is 2.58. The summed E-state index contributed by atoms with van der Waals surface area (Å²) in [5.74, 6) is 0.359. The predicted octanol–water partition coefficient (Wildman–Crippen LogP) is 3.89. The van der Waals surface area contributed by atoms with E-state index in [-0.39, 0.29) is 5.54 Å². The van der Waals surface area contributed by atoms with Crippen molar-refractivity contribution in [1.82, 2.24) is 25.1 Å². The van der Waals surface area contributed by atoms with Crippen molar-refractivity contribution in [3.63, 3.8) is 0 Å². The highest BCUT2D eigenvalue weighted by molar-refractivity contribution is 7.82. The van der Waals surface area contributed by atoms with Gasteiger partial charge in [-0.2, -0.15) is 5.10 Å². The summed E-state index contributed by atoms with van der Waals surface area (Å²) in [5.41, 5.74) is 1.81. The zero-order valence-electron chi connectivity index (χ0n) is 14.9. The summed E-state index contributed by atoms with van der Waals surface area (Å²) in [6.07, 6.45) is 1.40.